The molecule has 4 amide bonds. The zero-order chi connectivity index (χ0) is 35.6. The van der Waals surface area contributed by atoms with Gasteiger partial charge in [-0.2, -0.15) is 0 Å². The van der Waals surface area contributed by atoms with Gasteiger partial charge in [-0.3, -0.25) is 24.0 Å². The summed E-state index contributed by atoms with van der Waals surface area (Å²) in [5, 5.41) is 13.1. The third-order valence-electron chi connectivity index (χ3n) is 10.8. The van der Waals surface area contributed by atoms with Crippen LogP contribution in [0, 0.1) is 11.3 Å². The number of ketones is 1. The highest BCUT2D eigenvalue weighted by atomic mass is 16.7. The molecule has 12 heteroatoms. The number of likely N-dealkylation sites (tertiary alicyclic amines) is 1. The first-order valence-electron chi connectivity index (χ1n) is 18.6. The average molecular weight is 692 g/mol. The molecule has 0 bridgehead atoms. The number of amides is 4. The lowest BCUT2D eigenvalue weighted by Gasteiger charge is -2.36. The van der Waals surface area contributed by atoms with Gasteiger partial charge in [0.1, 0.15) is 17.8 Å². The van der Waals surface area contributed by atoms with Crippen LogP contribution in [0.2, 0.25) is 0 Å². The van der Waals surface area contributed by atoms with Crippen molar-refractivity contribution >= 4 is 35.1 Å². The maximum Gasteiger partial charge on any atom is 0.289 e. The highest BCUT2D eigenvalue weighted by Gasteiger charge is 2.55. The molecule has 3 fully saturated rings. The average Bonchev–Trinajstić information content (AvgIpc) is 3.44. The summed E-state index contributed by atoms with van der Waals surface area (Å²) in [7, 11) is 0. The number of benzene rings is 1. The van der Waals surface area contributed by atoms with E-state index >= 15 is 0 Å². The van der Waals surface area contributed by atoms with E-state index in [2.05, 4.69) is 27.2 Å². The summed E-state index contributed by atoms with van der Waals surface area (Å²) < 4.78 is 5.67. The standard InChI is InChI=1S/C38H53N5O7/c1-5-9-27(32(45)35(47)39-26-13-14-26)40-34(46)29-21-38(20-28(42-50-38)24-12-15-30-25(19-24)16-17-49-30)22-43(29)36(48)33(37(2,3)4)41-31(44)18-23-10-7-6-8-11-23/h12,15,19,23,26-27,29,33H,5-11,13-14,16-18,20-22H2,1-4H3,(H,39,47)(H,40,46)(H,41,44)/t27-,29-,33+,38+/m0/s1. The van der Waals surface area contributed by atoms with E-state index < -0.39 is 46.7 Å². The second kappa shape index (κ2) is 14.7. The largest absolute Gasteiger partial charge is 0.493 e. The quantitative estimate of drug-likeness (QED) is 0.282. The predicted octanol–water partition coefficient (Wildman–Crippen LogP) is 3.72. The van der Waals surface area contributed by atoms with Crippen molar-refractivity contribution in [3.8, 4) is 5.75 Å². The first kappa shape index (κ1) is 35.9. The van der Waals surface area contributed by atoms with Crippen molar-refractivity contribution in [1.29, 1.82) is 0 Å². The molecule has 3 N–H and O–H groups in total. The minimum atomic E-state index is -1.03. The minimum Gasteiger partial charge on any atom is -0.493 e. The van der Waals surface area contributed by atoms with Crippen LogP contribution >= 0.6 is 0 Å². The van der Waals surface area contributed by atoms with Gasteiger partial charge in [-0.25, -0.2) is 0 Å². The van der Waals surface area contributed by atoms with Gasteiger partial charge in [-0.05, 0) is 72.8 Å². The molecule has 2 saturated carbocycles. The van der Waals surface area contributed by atoms with Crippen LogP contribution < -0.4 is 20.7 Å². The van der Waals surface area contributed by atoms with Crippen LogP contribution in [-0.2, 0) is 35.2 Å². The van der Waals surface area contributed by atoms with Crippen molar-refractivity contribution in [1.82, 2.24) is 20.9 Å². The van der Waals surface area contributed by atoms with Gasteiger partial charge in [0.05, 0.1) is 24.9 Å². The molecule has 1 spiro atoms. The zero-order valence-corrected chi connectivity index (χ0v) is 30.0. The lowest BCUT2D eigenvalue weighted by Crippen LogP contribution is -2.59. The second-order valence-corrected chi connectivity index (χ2v) is 16.1. The molecule has 0 unspecified atom stereocenters. The number of carbonyl (C=O) groups is 5. The van der Waals surface area contributed by atoms with E-state index in [0.29, 0.717) is 31.8 Å². The fourth-order valence-corrected chi connectivity index (χ4v) is 7.81. The van der Waals surface area contributed by atoms with Crippen molar-refractivity contribution < 1.29 is 33.5 Å². The van der Waals surface area contributed by atoms with Crippen LogP contribution in [-0.4, -0.2) is 82.9 Å². The fourth-order valence-electron chi connectivity index (χ4n) is 7.81. The third kappa shape index (κ3) is 8.15. The van der Waals surface area contributed by atoms with Crippen molar-refractivity contribution in [3.63, 3.8) is 0 Å². The number of hydrogen-bond acceptors (Lipinski definition) is 8. The monoisotopic (exact) mass is 691 g/mol. The molecule has 2 aliphatic carbocycles. The van der Waals surface area contributed by atoms with Crippen LogP contribution in [0.4, 0.5) is 0 Å². The summed E-state index contributed by atoms with van der Waals surface area (Å²) in [5.74, 6) is -1.32. The fraction of sp³-hybridized carbons (Fsp3) is 0.684. The highest BCUT2D eigenvalue weighted by Crippen LogP contribution is 2.41. The van der Waals surface area contributed by atoms with Gasteiger partial charge in [0.15, 0.2) is 5.60 Å². The van der Waals surface area contributed by atoms with E-state index in [1.165, 1.54) is 11.3 Å². The Hall–Kier alpha value is -3.96. The second-order valence-electron chi connectivity index (χ2n) is 16.1. The van der Waals surface area contributed by atoms with Crippen LogP contribution in [0.1, 0.15) is 116 Å². The molecule has 1 saturated heterocycles. The van der Waals surface area contributed by atoms with Crippen molar-refractivity contribution in [2.75, 3.05) is 13.2 Å². The third-order valence-corrected chi connectivity index (χ3v) is 10.8. The van der Waals surface area contributed by atoms with Gasteiger partial charge in [0.2, 0.25) is 23.5 Å². The number of ether oxygens (including phenoxy) is 1. The van der Waals surface area contributed by atoms with E-state index in [-0.39, 0.29) is 37.2 Å². The van der Waals surface area contributed by atoms with Gasteiger partial charge < -0.3 is 30.4 Å². The molecule has 50 heavy (non-hydrogen) atoms. The molecule has 5 aliphatic rings. The lowest BCUT2D eigenvalue weighted by atomic mass is 9.84. The Bertz CT molecular complexity index is 1530. The summed E-state index contributed by atoms with van der Waals surface area (Å²) in [6, 6.07) is 2.99. The number of oxime groups is 1. The topological polar surface area (TPSA) is 156 Å². The van der Waals surface area contributed by atoms with Crippen LogP contribution in [0.5, 0.6) is 5.75 Å². The Balaban J connectivity index is 1.23. The number of nitrogens with zero attached hydrogens (tertiary/aromatic N) is 2. The molecule has 1 aromatic carbocycles. The summed E-state index contributed by atoms with van der Waals surface area (Å²) in [6.45, 7) is 8.29. The predicted molar refractivity (Wildman–Crippen MR) is 186 cm³/mol. The number of Topliss-reactive ketones (excluding diaryl/α,β-unsaturated/α-hetero) is 1. The van der Waals surface area contributed by atoms with Crippen molar-refractivity contribution in [2.45, 2.75) is 141 Å². The molecule has 272 valence electrons. The molecule has 4 atom stereocenters. The summed E-state index contributed by atoms with van der Waals surface area (Å²) in [4.78, 5) is 75.8. The molecule has 6 rings (SSSR count). The van der Waals surface area contributed by atoms with E-state index in [4.69, 9.17) is 9.57 Å². The Morgan fingerprint density at radius 2 is 1.80 bits per heavy atom. The Labute approximate surface area is 294 Å². The maximum atomic E-state index is 14.6. The van der Waals surface area contributed by atoms with Gasteiger partial charge in [0, 0.05) is 31.7 Å². The molecule has 0 radical (unpaired) electrons. The van der Waals surface area contributed by atoms with Gasteiger partial charge >= 0.3 is 0 Å². The maximum absolute atomic E-state index is 14.6. The zero-order valence-electron chi connectivity index (χ0n) is 30.0. The van der Waals surface area contributed by atoms with Crippen molar-refractivity contribution in [3.05, 3.63) is 29.3 Å². The number of nitrogens with one attached hydrogen (secondary N) is 3. The minimum absolute atomic E-state index is 0.00166. The number of fused-ring (bicyclic) bond motifs is 1. The van der Waals surface area contributed by atoms with Crippen LogP contribution in [0.3, 0.4) is 0 Å². The molecule has 3 aliphatic heterocycles. The van der Waals surface area contributed by atoms with E-state index in [1.54, 1.807) is 0 Å². The molecular weight excluding hydrogens is 638 g/mol. The highest BCUT2D eigenvalue weighted by molar-refractivity contribution is 6.38. The van der Waals surface area contributed by atoms with E-state index in [9.17, 15) is 24.0 Å². The van der Waals surface area contributed by atoms with Crippen molar-refractivity contribution in [2.24, 2.45) is 16.5 Å². The van der Waals surface area contributed by atoms with Crippen LogP contribution in [0.25, 0.3) is 0 Å². The summed E-state index contributed by atoms with van der Waals surface area (Å²) in [6.07, 6.45) is 9.61. The molecule has 1 aromatic rings. The first-order valence-corrected chi connectivity index (χ1v) is 18.6. The molecule has 12 nitrogen and oxygen atoms in total. The molecule has 0 aromatic heterocycles. The smallest absolute Gasteiger partial charge is 0.289 e. The number of rotatable bonds is 12. The molecular formula is C38H53N5O7. The Morgan fingerprint density at radius 3 is 2.50 bits per heavy atom. The number of carbonyl (C=O) groups excluding carboxylic acids is 5. The van der Waals surface area contributed by atoms with Gasteiger partial charge in [-0.15, -0.1) is 0 Å². The van der Waals surface area contributed by atoms with Gasteiger partial charge in [0.25, 0.3) is 5.91 Å². The SMILES string of the molecule is CCC[C@H](NC(=O)[C@@H]1C[C@]2(CC(c3ccc4c(c3)CCO4)=NO2)CN1C(=O)[C@@H](NC(=O)CC1CCCCC1)C(C)(C)C)C(=O)C(=O)NC1CC1. The van der Waals surface area contributed by atoms with Crippen LogP contribution in [0.15, 0.2) is 23.4 Å². The summed E-state index contributed by atoms with van der Waals surface area (Å²) in [5.41, 5.74) is 1.07. The Kier molecular flexibility index (Phi) is 10.6. The van der Waals surface area contributed by atoms with E-state index in [0.717, 1.165) is 67.5 Å². The number of hydrogen-bond donors (Lipinski definition) is 3. The molecule has 3 heterocycles. The lowest BCUT2D eigenvalue weighted by molar-refractivity contribution is -0.145. The summed E-state index contributed by atoms with van der Waals surface area (Å²) >= 11 is 0. The first-order chi connectivity index (χ1) is 23.9. The normalized spacial score (nSPS) is 24.4. The van der Waals surface area contributed by atoms with Gasteiger partial charge in [-0.1, -0.05) is 58.5 Å². The Morgan fingerprint density at radius 1 is 1.04 bits per heavy atom. The van der Waals surface area contributed by atoms with E-state index in [1.807, 2.05) is 39.8 Å².